The number of ether oxygens (including phenoxy) is 1. The second kappa shape index (κ2) is 6.26. The molecule has 1 unspecified atom stereocenters. The summed E-state index contributed by atoms with van der Waals surface area (Å²) in [6, 6.07) is -0.0161. The molecule has 0 aliphatic carbocycles. The second-order valence-electron chi connectivity index (χ2n) is 5.48. The van der Waals surface area contributed by atoms with Crippen molar-refractivity contribution in [2.75, 3.05) is 7.11 Å². The molecule has 0 bridgehead atoms. The van der Waals surface area contributed by atoms with Crippen LogP contribution in [0.1, 0.15) is 33.5 Å². The van der Waals surface area contributed by atoms with Crippen LogP contribution >= 0.6 is 0 Å². The maximum atomic E-state index is 5.61. The number of nitrogens with two attached hydrogens (primary N) is 1. The van der Waals surface area contributed by atoms with Gasteiger partial charge in [-0.3, -0.25) is 11.3 Å². The summed E-state index contributed by atoms with van der Waals surface area (Å²) in [5.74, 6) is 7.08. The average Bonchev–Trinajstić information content (AvgIpc) is 2.72. The highest BCUT2D eigenvalue weighted by molar-refractivity contribution is 4.96. The van der Waals surface area contributed by atoms with Crippen LogP contribution in [-0.4, -0.2) is 33.5 Å². The van der Waals surface area contributed by atoms with Crippen LogP contribution in [0.15, 0.2) is 6.33 Å². The zero-order valence-corrected chi connectivity index (χ0v) is 12.0. The Hall–Kier alpha value is -0.980. The molecule has 0 spiro atoms. The normalized spacial score (nSPS) is 14.2. The number of hydrogen-bond acceptors (Lipinski definition) is 5. The predicted molar refractivity (Wildman–Crippen MR) is 70.8 cm³/mol. The number of hydrazine groups is 1. The van der Waals surface area contributed by atoms with E-state index >= 15 is 0 Å². The summed E-state index contributed by atoms with van der Waals surface area (Å²) in [5, 5.41) is 4.25. The first-order valence-corrected chi connectivity index (χ1v) is 6.28. The number of rotatable bonds is 7. The Kier molecular flexibility index (Phi) is 5.25. The van der Waals surface area contributed by atoms with Gasteiger partial charge in [0.05, 0.1) is 11.6 Å². The largest absolute Gasteiger partial charge is 0.377 e. The third-order valence-electron chi connectivity index (χ3n) is 3.19. The molecule has 104 valence electrons. The lowest BCUT2D eigenvalue weighted by atomic mass is 9.96. The molecule has 6 heteroatoms. The van der Waals surface area contributed by atoms with Crippen molar-refractivity contribution in [1.29, 1.82) is 0 Å². The lowest BCUT2D eigenvalue weighted by Crippen LogP contribution is -2.52. The van der Waals surface area contributed by atoms with Crippen molar-refractivity contribution in [3.63, 3.8) is 0 Å². The Balaban J connectivity index is 2.79. The SMILES string of the molecule is COC(C)(C)C(Cc1ncnn1CC(C)C)NN. The van der Waals surface area contributed by atoms with E-state index in [1.807, 2.05) is 18.5 Å². The summed E-state index contributed by atoms with van der Waals surface area (Å²) < 4.78 is 7.39. The second-order valence-corrected chi connectivity index (χ2v) is 5.48. The molecular weight excluding hydrogens is 230 g/mol. The Bertz CT molecular complexity index is 361. The summed E-state index contributed by atoms with van der Waals surface area (Å²) in [6.45, 7) is 9.17. The molecular formula is C12H25N5O. The van der Waals surface area contributed by atoms with Crippen molar-refractivity contribution in [3.05, 3.63) is 12.2 Å². The van der Waals surface area contributed by atoms with Crippen molar-refractivity contribution >= 4 is 0 Å². The number of methoxy groups -OCH3 is 1. The molecule has 0 aromatic carbocycles. The molecule has 0 amide bonds. The number of nitrogens with zero attached hydrogens (tertiary/aromatic N) is 3. The summed E-state index contributed by atoms with van der Waals surface area (Å²) >= 11 is 0. The first-order chi connectivity index (χ1) is 8.40. The molecule has 1 heterocycles. The summed E-state index contributed by atoms with van der Waals surface area (Å²) in [4.78, 5) is 4.31. The van der Waals surface area contributed by atoms with Crippen molar-refractivity contribution < 1.29 is 4.74 Å². The van der Waals surface area contributed by atoms with E-state index in [0.29, 0.717) is 12.3 Å². The van der Waals surface area contributed by atoms with Crippen LogP contribution in [0.3, 0.4) is 0 Å². The molecule has 0 aliphatic rings. The minimum atomic E-state index is -0.358. The van der Waals surface area contributed by atoms with E-state index in [-0.39, 0.29) is 11.6 Å². The fraction of sp³-hybridized carbons (Fsp3) is 0.833. The van der Waals surface area contributed by atoms with Gasteiger partial charge >= 0.3 is 0 Å². The van der Waals surface area contributed by atoms with E-state index in [1.54, 1.807) is 13.4 Å². The van der Waals surface area contributed by atoms with E-state index in [0.717, 1.165) is 12.4 Å². The van der Waals surface area contributed by atoms with Gasteiger partial charge in [-0.25, -0.2) is 9.67 Å². The monoisotopic (exact) mass is 255 g/mol. The van der Waals surface area contributed by atoms with Gasteiger partial charge in [-0.15, -0.1) is 0 Å². The number of nitrogens with one attached hydrogen (secondary N) is 1. The molecule has 0 radical (unpaired) electrons. The Morgan fingerprint density at radius 1 is 1.50 bits per heavy atom. The van der Waals surface area contributed by atoms with Gasteiger partial charge < -0.3 is 4.74 Å². The highest BCUT2D eigenvalue weighted by Gasteiger charge is 2.30. The molecule has 1 aromatic rings. The van der Waals surface area contributed by atoms with E-state index in [9.17, 15) is 0 Å². The molecule has 1 aromatic heterocycles. The standard InChI is InChI=1S/C12H25N5O/c1-9(2)7-17-11(14-8-15-17)6-10(16-13)12(3,4)18-5/h8-10,16H,6-7,13H2,1-5H3. The van der Waals surface area contributed by atoms with E-state index in [4.69, 9.17) is 10.6 Å². The van der Waals surface area contributed by atoms with Gasteiger partial charge in [0.15, 0.2) is 0 Å². The summed E-state index contributed by atoms with van der Waals surface area (Å²) in [7, 11) is 1.68. The predicted octanol–water partition coefficient (Wildman–Crippen LogP) is 0.734. The van der Waals surface area contributed by atoms with Crippen molar-refractivity contribution in [2.24, 2.45) is 11.8 Å². The zero-order chi connectivity index (χ0) is 13.8. The topological polar surface area (TPSA) is 78.0 Å². The molecule has 18 heavy (non-hydrogen) atoms. The minimum Gasteiger partial charge on any atom is -0.377 e. The third-order valence-corrected chi connectivity index (χ3v) is 3.19. The van der Waals surface area contributed by atoms with Gasteiger partial charge in [-0.1, -0.05) is 13.8 Å². The lowest BCUT2D eigenvalue weighted by molar-refractivity contribution is -0.0109. The van der Waals surface area contributed by atoms with Gasteiger partial charge in [-0.2, -0.15) is 5.10 Å². The minimum absolute atomic E-state index is 0.0161. The molecule has 1 atom stereocenters. The first kappa shape index (κ1) is 15.1. The maximum Gasteiger partial charge on any atom is 0.138 e. The van der Waals surface area contributed by atoms with E-state index in [1.165, 1.54) is 0 Å². The van der Waals surface area contributed by atoms with Crippen LogP contribution in [0.5, 0.6) is 0 Å². The smallest absolute Gasteiger partial charge is 0.138 e. The zero-order valence-electron chi connectivity index (χ0n) is 12.0. The van der Waals surface area contributed by atoms with Crippen LogP contribution in [0, 0.1) is 5.92 Å². The average molecular weight is 255 g/mol. The highest BCUT2D eigenvalue weighted by atomic mass is 16.5. The Labute approximate surface area is 109 Å². The fourth-order valence-corrected chi connectivity index (χ4v) is 1.77. The molecule has 0 aliphatic heterocycles. The van der Waals surface area contributed by atoms with Crippen molar-refractivity contribution in [1.82, 2.24) is 20.2 Å². The lowest BCUT2D eigenvalue weighted by Gasteiger charge is -2.32. The third kappa shape index (κ3) is 3.76. The van der Waals surface area contributed by atoms with Crippen molar-refractivity contribution in [2.45, 2.75) is 52.3 Å². The van der Waals surface area contributed by atoms with Crippen LogP contribution < -0.4 is 11.3 Å². The Morgan fingerprint density at radius 2 is 2.17 bits per heavy atom. The van der Waals surface area contributed by atoms with Crippen LogP contribution in [0.2, 0.25) is 0 Å². The fourth-order valence-electron chi connectivity index (χ4n) is 1.77. The summed E-state index contributed by atoms with van der Waals surface area (Å²) in [5.41, 5.74) is 2.45. The molecule has 0 saturated carbocycles. The van der Waals surface area contributed by atoms with Gasteiger partial charge in [-0.05, 0) is 19.8 Å². The van der Waals surface area contributed by atoms with Gasteiger partial charge in [0.2, 0.25) is 0 Å². The molecule has 1 rings (SSSR count). The highest BCUT2D eigenvalue weighted by Crippen LogP contribution is 2.17. The molecule has 3 N–H and O–H groups in total. The van der Waals surface area contributed by atoms with E-state index < -0.39 is 0 Å². The quantitative estimate of drug-likeness (QED) is 0.555. The van der Waals surface area contributed by atoms with Crippen molar-refractivity contribution in [3.8, 4) is 0 Å². The Morgan fingerprint density at radius 3 is 2.67 bits per heavy atom. The van der Waals surface area contributed by atoms with Gasteiger partial charge in [0.25, 0.3) is 0 Å². The molecule has 0 fully saturated rings. The van der Waals surface area contributed by atoms with E-state index in [2.05, 4.69) is 29.4 Å². The maximum absolute atomic E-state index is 5.61. The number of aromatic nitrogens is 3. The van der Waals surface area contributed by atoms with Crippen LogP contribution in [-0.2, 0) is 17.7 Å². The van der Waals surface area contributed by atoms with Gasteiger partial charge in [0.1, 0.15) is 12.2 Å². The van der Waals surface area contributed by atoms with Crippen LogP contribution in [0.25, 0.3) is 0 Å². The molecule has 0 saturated heterocycles. The first-order valence-electron chi connectivity index (χ1n) is 6.28. The van der Waals surface area contributed by atoms with Crippen LogP contribution in [0.4, 0.5) is 0 Å². The molecule has 6 nitrogen and oxygen atoms in total. The van der Waals surface area contributed by atoms with Gasteiger partial charge in [0, 0.05) is 20.1 Å². The summed E-state index contributed by atoms with van der Waals surface area (Å²) in [6.07, 6.45) is 2.27. The number of hydrogen-bond donors (Lipinski definition) is 2.